The summed E-state index contributed by atoms with van der Waals surface area (Å²) in [4.78, 5) is 0. The van der Waals surface area contributed by atoms with Gasteiger partial charge >= 0.3 is 6.61 Å². The zero-order chi connectivity index (χ0) is 15.2. The van der Waals surface area contributed by atoms with Crippen LogP contribution in [0.4, 0.5) is 14.5 Å². The molecule has 2 rings (SSSR count). The van der Waals surface area contributed by atoms with Gasteiger partial charge in [0.2, 0.25) is 0 Å². The molecule has 1 N–H and O–H groups in total. The van der Waals surface area contributed by atoms with Crippen LogP contribution in [0.2, 0.25) is 0 Å². The van der Waals surface area contributed by atoms with Crippen molar-refractivity contribution in [3.8, 4) is 11.5 Å². The maximum atomic E-state index is 12.4. The van der Waals surface area contributed by atoms with Crippen molar-refractivity contribution in [2.24, 2.45) is 0 Å². The van der Waals surface area contributed by atoms with E-state index >= 15 is 0 Å². The first-order valence-corrected chi connectivity index (χ1v) is 6.99. The molecule has 0 heterocycles. The van der Waals surface area contributed by atoms with Gasteiger partial charge in [0.1, 0.15) is 11.5 Å². The van der Waals surface area contributed by atoms with Crippen LogP contribution in [0.25, 0.3) is 0 Å². The summed E-state index contributed by atoms with van der Waals surface area (Å²) in [7, 11) is 1.57. The van der Waals surface area contributed by atoms with E-state index in [1.54, 1.807) is 19.2 Å². The summed E-state index contributed by atoms with van der Waals surface area (Å²) in [6.07, 6.45) is 0. The summed E-state index contributed by atoms with van der Waals surface area (Å²) in [5.74, 6) is 0.833. The van der Waals surface area contributed by atoms with Gasteiger partial charge in [0.25, 0.3) is 0 Å². The van der Waals surface area contributed by atoms with Crippen molar-refractivity contribution >= 4 is 21.6 Å². The van der Waals surface area contributed by atoms with Crippen LogP contribution in [0, 0.1) is 0 Å². The van der Waals surface area contributed by atoms with Crippen LogP contribution in [0.5, 0.6) is 11.5 Å². The first kappa shape index (κ1) is 15.6. The zero-order valence-electron chi connectivity index (χ0n) is 11.3. The maximum Gasteiger partial charge on any atom is 0.387 e. The summed E-state index contributed by atoms with van der Waals surface area (Å²) < 4.78 is 35.4. The van der Waals surface area contributed by atoms with Crippen molar-refractivity contribution in [1.29, 1.82) is 0 Å². The van der Waals surface area contributed by atoms with Gasteiger partial charge in [-0.25, -0.2) is 0 Å². The number of nitrogens with one attached hydrogen (secondary N) is 1. The highest BCUT2D eigenvalue weighted by molar-refractivity contribution is 9.10. The van der Waals surface area contributed by atoms with Gasteiger partial charge in [0.05, 0.1) is 12.8 Å². The molecule has 0 aliphatic carbocycles. The number of hydrogen-bond donors (Lipinski definition) is 1. The van der Waals surface area contributed by atoms with E-state index < -0.39 is 6.61 Å². The van der Waals surface area contributed by atoms with Crippen LogP contribution in [-0.4, -0.2) is 13.7 Å². The van der Waals surface area contributed by atoms with Crippen LogP contribution in [-0.2, 0) is 6.54 Å². The minimum absolute atomic E-state index is 0.149. The Morgan fingerprint density at radius 2 is 1.90 bits per heavy atom. The minimum atomic E-state index is -2.85. The average molecular weight is 358 g/mol. The predicted octanol–water partition coefficient (Wildman–Crippen LogP) is 4.67. The van der Waals surface area contributed by atoms with Gasteiger partial charge in [-0.3, -0.25) is 0 Å². The molecule has 0 aliphatic rings. The summed E-state index contributed by atoms with van der Waals surface area (Å²) in [5.41, 5.74) is 1.40. The molecular weight excluding hydrogens is 344 g/mol. The van der Waals surface area contributed by atoms with E-state index in [1.807, 2.05) is 24.3 Å². The van der Waals surface area contributed by atoms with E-state index in [-0.39, 0.29) is 5.75 Å². The average Bonchev–Trinajstić information content (AvgIpc) is 2.47. The van der Waals surface area contributed by atoms with Crippen LogP contribution in [0.15, 0.2) is 46.9 Å². The molecule has 0 amide bonds. The first-order chi connectivity index (χ1) is 10.1. The standard InChI is InChI=1S/C15H14BrF2NO2/c1-20-14-5-3-2-4-12(14)19-9-10-8-11(16)6-7-13(10)21-15(17)18/h2-8,15,19H,9H2,1H3. The fourth-order valence-corrected chi connectivity index (χ4v) is 2.29. The highest BCUT2D eigenvalue weighted by atomic mass is 79.9. The predicted molar refractivity (Wildman–Crippen MR) is 81.1 cm³/mol. The molecule has 0 fully saturated rings. The Morgan fingerprint density at radius 3 is 2.62 bits per heavy atom. The first-order valence-electron chi connectivity index (χ1n) is 6.20. The number of rotatable bonds is 6. The Balaban J connectivity index is 2.17. The second kappa shape index (κ2) is 7.26. The van der Waals surface area contributed by atoms with E-state index in [1.165, 1.54) is 6.07 Å². The third-order valence-electron chi connectivity index (χ3n) is 2.81. The number of para-hydroxylation sites is 2. The van der Waals surface area contributed by atoms with Gasteiger partial charge in [0, 0.05) is 16.6 Å². The quantitative estimate of drug-likeness (QED) is 0.814. The maximum absolute atomic E-state index is 12.4. The third kappa shape index (κ3) is 4.32. The molecule has 0 bridgehead atoms. The molecule has 0 spiro atoms. The topological polar surface area (TPSA) is 30.5 Å². The van der Waals surface area contributed by atoms with Crippen LogP contribution < -0.4 is 14.8 Å². The van der Waals surface area contributed by atoms with Crippen LogP contribution in [0.3, 0.4) is 0 Å². The lowest BCUT2D eigenvalue weighted by Crippen LogP contribution is -2.07. The molecule has 3 nitrogen and oxygen atoms in total. The number of anilines is 1. The van der Waals surface area contributed by atoms with Crippen LogP contribution >= 0.6 is 15.9 Å². The molecule has 0 atom stereocenters. The second-order valence-electron chi connectivity index (χ2n) is 4.18. The molecule has 0 saturated heterocycles. The summed E-state index contributed by atoms with van der Waals surface area (Å²) in [6, 6.07) is 12.3. The Labute approximate surface area is 130 Å². The van der Waals surface area contributed by atoms with Crippen molar-refractivity contribution in [2.75, 3.05) is 12.4 Å². The smallest absolute Gasteiger partial charge is 0.387 e. The van der Waals surface area contributed by atoms with Crippen molar-refractivity contribution in [3.63, 3.8) is 0 Å². The highest BCUT2D eigenvalue weighted by Crippen LogP contribution is 2.28. The fraction of sp³-hybridized carbons (Fsp3) is 0.200. The zero-order valence-corrected chi connectivity index (χ0v) is 12.9. The van der Waals surface area contributed by atoms with Crippen molar-refractivity contribution in [3.05, 3.63) is 52.5 Å². The fourth-order valence-electron chi connectivity index (χ4n) is 1.88. The van der Waals surface area contributed by atoms with E-state index in [0.29, 0.717) is 17.9 Å². The minimum Gasteiger partial charge on any atom is -0.495 e. The molecular formula is C15H14BrF2NO2. The molecule has 2 aromatic rings. The molecule has 2 aromatic carbocycles. The van der Waals surface area contributed by atoms with E-state index in [2.05, 4.69) is 26.0 Å². The third-order valence-corrected chi connectivity index (χ3v) is 3.31. The van der Waals surface area contributed by atoms with E-state index in [9.17, 15) is 8.78 Å². The Morgan fingerprint density at radius 1 is 1.14 bits per heavy atom. The molecule has 0 saturated carbocycles. The number of methoxy groups -OCH3 is 1. The Bertz CT molecular complexity index is 608. The lowest BCUT2D eigenvalue weighted by Gasteiger charge is -2.14. The monoisotopic (exact) mass is 357 g/mol. The Kier molecular flexibility index (Phi) is 5.38. The largest absolute Gasteiger partial charge is 0.495 e. The normalized spacial score (nSPS) is 10.5. The van der Waals surface area contributed by atoms with Crippen LogP contribution in [0.1, 0.15) is 5.56 Å². The number of benzene rings is 2. The molecule has 0 radical (unpaired) electrons. The molecule has 0 unspecified atom stereocenters. The molecule has 112 valence electrons. The van der Waals surface area contributed by atoms with E-state index in [4.69, 9.17) is 4.74 Å². The van der Waals surface area contributed by atoms with Gasteiger partial charge in [-0.2, -0.15) is 8.78 Å². The van der Waals surface area contributed by atoms with Gasteiger partial charge in [-0.15, -0.1) is 0 Å². The van der Waals surface area contributed by atoms with Crippen molar-refractivity contribution in [1.82, 2.24) is 0 Å². The molecule has 0 aromatic heterocycles. The number of alkyl halides is 2. The van der Waals surface area contributed by atoms with Gasteiger partial charge < -0.3 is 14.8 Å². The van der Waals surface area contributed by atoms with E-state index in [0.717, 1.165) is 10.2 Å². The summed E-state index contributed by atoms with van der Waals surface area (Å²) in [5, 5.41) is 3.15. The molecule has 21 heavy (non-hydrogen) atoms. The summed E-state index contributed by atoms with van der Waals surface area (Å²) in [6.45, 7) is -2.52. The second-order valence-corrected chi connectivity index (χ2v) is 5.10. The summed E-state index contributed by atoms with van der Waals surface area (Å²) >= 11 is 3.32. The highest BCUT2D eigenvalue weighted by Gasteiger charge is 2.11. The van der Waals surface area contributed by atoms with Crippen molar-refractivity contribution in [2.45, 2.75) is 13.2 Å². The van der Waals surface area contributed by atoms with Crippen molar-refractivity contribution < 1.29 is 18.3 Å². The Hall–Kier alpha value is -1.82. The lowest BCUT2D eigenvalue weighted by molar-refractivity contribution is -0.0504. The molecule has 6 heteroatoms. The van der Waals surface area contributed by atoms with Gasteiger partial charge in [-0.1, -0.05) is 28.1 Å². The molecule has 0 aliphatic heterocycles. The lowest BCUT2D eigenvalue weighted by atomic mass is 10.2. The number of ether oxygens (including phenoxy) is 2. The van der Waals surface area contributed by atoms with Gasteiger partial charge in [-0.05, 0) is 30.3 Å². The van der Waals surface area contributed by atoms with Gasteiger partial charge in [0.15, 0.2) is 0 Å². The number of hydrogen-bond acceptors (Lipinski definition) is 3. The number of halogens is 3. The SMILES string of the molecule is COc1ccccc1NCc1cc(Br)ccc1OC(F)F.